The monoisotopic (exact) mass is 374 g/mol. The van der Waals surface area contributed by atoms with Crippen LogP contribution in [0.2, 0.25) is 0 Å². The molecule has 6 aromatic rings. The van der Waals surface area contributed by atoms with Crippen molar-refractivity contribution in [1.29, 1.82) is 0 Å². The maximum atomic E-state index is 4.99. The van der Waals surface area contributed by atoms with Crippen molar-refractivity contribution in [2.24, 2.45) is 0 Å². The van der Waals surface area contributed by atoms with Crippen molar-refractivity contribution in [2.45, 2.75) is 0 Å². The second-order valence-electron chi connectivity index (χ2n) is 6.73. The zero-order valence-electron chi connectivity index (χ0n) is 15.3. The number of rotatable bonds is 2. The molecule has 3 heterocycles. The average molecular weight is 374 g/mol. The minimum atomic E-state index is 0.525. The van der Waals surface area contributed by atoms with Gasteiger partial charge in [0.25, 0.3) is 5.78 Å². The lowest BCUT2D eigenvalue weighted by atomic mass is 10.1. The maximum Gasteiger partial charge on any atom is 0.253 e. The molecule has 0 saturated carbocycles. The van der Waals surface area contributed by atoms with Crippen molar-refractivity contribution < 1.29 is 0 Å². The summed E-state index contributed by atoms with van der Waals surface area (Å²) < 4.78 is 1.71. The zero-order chi connectivity index (χ0) is 19.2. The Balaban J connectivity index is 1.76. The van der Waals surface area contributed by atoms with E-state index in [1.165, 1.54) is 6.33 Å². The van der Waals surface area contributed by atoms with Crippen molar-refractivity contribution in [1.82, 2.24) is 29.5 Å². The van der Waals surface area contributed by atoms with E-state index in [9.17, 15) is 0 Å². The van der Waals surface area contributed by atoms with Crippen LogP contribution in [0.5, 0.6) is 0 Å². The van der Waals surface area contributed by atoms with Gasteiger partial charge in [-0.05, 0) is 12.1 Å². The van der Waals surface area contributed by atoms with Gasteiger partial charge in [0, 0.05) is 16.3 Å². The predicted octanol–water partition coefficient (Wildman–Crippen LogP) is 4.55. The Kier molecular flexibility index (Phi) is 3.37. The summed E-state index contributed by atoms with van der Waals surface area (Å²) in [7, 11) is 0. The van der Waals surface area contributed by atoms with Gasteiger partial charge in [-0.1, -0.05) is 66.7 Å². The molecule has 136 valence electrons. The van der Waals surface area contributed by atoms with Gasteiger partial charge in [0.05, 0.1) is 16.7 Å². The summed E-state index contributed by atoms with van der Waals surface area (Å²) in [4.78, 5) is 18.8. The van der Waals surface area contributed by atoms with Gasteiger partial charge in [0.15, 0.2) is 5.82 Å². The summed E-state index contributed by atoms with van der Waals surface area (Å²) in [6.45, 7) is 0. The first-order valence-corrected chi connectivity index (χ1v) is 9.29. The average Bonchev–Trinajstić information content (AvgIpc) is 3.25. The van der Waals surface area contributed by atoms with Crippen molar-refractivity contribution >= 4 is 27.6 Å². The molecule has 0 unspecified atom stereocenters. The van der Waals surface area contributed by atoms with Crippen molar-refractivity contribution in [2.75, 3.05) is 0 Å². The Morgan fingerprint density at radius 1 is 0.621 bits per heavy atom. The number of benzene rings is 3. The van der Waals surface area contributed by atoms with Crippen molar-refractivity contribution in [3.05, 3.63) is 85.2 Å². The van der Waals surface area contributed by atoms with Gasteiger partial charge in [-0.2, -0.15) is 14.6 Å². The smallest absolute Gasteiger partial charge is 0.227 e. The first-order chi connectivity index (χ1) is 14.4. The third-order valence-electron chi connectivity index (χ3n) is 4.98. The van der Waals surface area contributed by atoms with Crippen LogP contribution in [0.1, 0.15) is 0 Å². The molecule has 6 rings (SSSR count). The Hall–Kier alpha value is -4.19. The summed E-state index contributed by atoms with van der Waals surface area (Å²) in [6, 6.07) is 26.1. The minimum absolute atomic E-state index is 0.525. The largest absolute Gasteiger partial charge is 0.253 e. The Morgan fingerprint density at radius 2 is 1.31 bits per heavy atom. The van der Waals surface area contributed by atoms with Crippen LogP contribution in [-0.4, -0.2) is 29.5 Å². The molecular weight excluding hydrogens is 360 g/mol. The van der Waals surface area contributed by atoms with E-state index >= 15 is 0 Å². The van der Waals surface area contributed by atoms with Crippen LogP contribution in [0.4, 0.5) is 0 Å². The molecule has 6 heteroatoms. The summed E-state index contributed by atoms with van der Waals surface area (Å²) in [5, 5.41) is 6.33. The number of para-hydroxylation sites is 2. The molecule has 29 heavy (non-hydrogen) atoms. The Morgan fingerprint density at radius 3 is 2.14 bits per heavy atom. The van der Waals surface area contributed by atoms with Gasteiger partial charge in [-0.3, -0.25) is 0 Å². The molecule has 3 aromatic heterocycles. The first kappa shape index (κ1) is 15.8. The van der Waals surface area contributed by atoms with Crippen LogP contribution in [0.15, 0.2) is 85.2 Å². The summed E-state index contributed by atoms with van der Waals surface area (Å²) in [5.74, 6) is 1.12. The quantitative estimate of drug-likeness (QED) is 0.445. The summed E-state index contributed by atoms with van der Waals surface area (Å²) in [5.41, 5.74) is 4.43. The molecule has 6 nitrogen and oxygen atoms in total. The van der Waals surface area contributed by atoms with Crippen molar-refractivity contribution in [3.8, 4) is 22.8 Å². The summed E-state index contributed by atoms with van der Waals surface area (Å²) >= 11 is 0. The van der Waals surface area contributed by atoms with E-state index in [0.717, 1.165) is 38.8 Å². The standard InChI is InChI=1S/C23H14N6/c1-2-8-15(9-3-1)20-16-10-4-6-12-18(16)26-22(28-20)21-17-11-5-7-13-19(17)27-23-24-14-25-29(21)23/h1-14H. The maximum absolute atomic E-state index is 4.99. The fourth-order valence-corrected chi connectivity index (χ4v) is 3.68. The van der Waals surface area contributed by atoms with Gasteiger partial charge >= 0.3 is 0 Å². The molecule has 0 spiro atoms. The van der Waals surface area contributed by atoms with E-state index in [1.54, 1.807) is 4.52 Å². The topological polar surface area (TPSA) is 68.9 Å². The number of hydrogen-bond donors (Lipinski definition) is 0. The highest BCUT2D eigenvalue weighted by Gasteiger charge is 2.18. The van der Waals surface area contributed by atoms with Crippen LogP contribution in [-0.2, 0) is 0 Å². The van der Waals surface area contributed by atoms with E-state index in [2.05, 4.69) is 33.3 Å². The van der Waals surface area contributed by atoms with Gasteiger partial charge in [0.2, 0.25) is 0 Å². The van der Waals surface area contributed by atoms with E-state index in [-0.39, 0.29) is 0 Å². The van der Waals surface area contributed by atoms with Gasteiger partial charge in [-0.25, -0.2) is 15.0 Å². The molecule has 0 aliphatic rings. The third kappa shape index (κ3) is 2.46. The second-order valence-corrected chi connectivity index (χ2v) is 6.73. The lowest BCUT2D eigenvalue weighted by Crippen LogP contribution is -2.03. The van der Waals surface area contributed by atoms with Gasteiger partial charge in [-0.15, -0.1) is 0 Å². The molecule has 0 fully saturated rings. The first-order valence-electron chi connectivity index (χ1n) is 9.29. The summed E-state index contributed by atoms with van der Waals surface area (Å²) in [6.07, 6.45) is 1.50. The molecule has 0 aliphatic heterocycles. The highest BCUT2D eigenvalue weighted by atomic mass is 15.3. The molecule has 0 saturated heterocycles. The lowest BCUT2D eigenvalue weighted by molar-refractivity contribution is 0.947. The number of nitrogens with zero attached hydrogens (tertiary/aromatic N) is 6. The SMILES string of the molecule is c1ccc(-c2nc(-c3c4ccccc4nc4ncnn34)nc3ccccc23)cc1. The third-order valence-corrected chi connectivity index (χ3v) is 4.98. The molecule has 0 radical (unpaired) electrons. The highest BCUT2D eigenvalue weighted by molar-refractivity contribution is 5.97. The normalized spacial score (nSPS) is 11.4. The fraction of sp³-hybridized carbons (Fsp3) is 0. The molecule has 3 aromatic carbocycles. The van der Waals surface area contributed by atoms with Crippen LogP contribution >= 0.6 is 0 Å². The molecule has 0 atom stereocenters. The Labute approximate surface area is 165 Å². The molecule has 0 N–H and O–H groups in total. The predicted molar refractivity (Wildman–Crippen MR) is 112 cm³/mol. The van der Waals surface area contributed by atoms with Gasteiger partial charge < -0.3 is 0 Å². The molecule has 0 bridgehead atoms. The molecular formula is C23H14N6. The number of hydrogen-bond acceptors (Lipinski definition) is 5. The van der Waals surface area contributed by atoms with Gasteiger partial charge in [0.1, 0.15) is 12.0 Å². The van der Waals surface area contributed by atoms with E-state index in [1.807, 2.05) is 60.7 Å². The fourth-order valence-electron chi connectivity index (χ4n) is 3.68. The molecule has 0 aliphatic carbocycles. The van der Waals surface area contributed by atoms with Crippen LogP contribution in [0.3, 0.4) is 0 Å². The minimum Gasteiger partial charge on any atom is -0.227 e. The van der Waals surface area contributed by atoms with E-state index < -0.39 is 0 Å². The van der Waals surface area contributed by atoms with Crippen LogP contribution in [0, 0.1) is 0 Å². The number of aromatic nitrogens is 6. The molecule has 0 amide bonds. The zero-order valence-corrected chi connectivity index (χ0v) is 15.3. The van der Waals surface area contributed by atoms with E-state index in [4.69, 9.17) is 9.97 Å². The van der Waals surface area contributed by atoms with Crippen molar-refractivity contribution in [3.63, 3.8) is 0 Å². The number of fused-ring (bicyclic) bond motifs is 3. The van der Waals surface area contributed by atoms with Crippen LogP contribution in [0.25, 0.3) is 50.4 Å². The van der Waals surface area contributed by atoms with E-state index in [0.29, 0.717) is 11.6 Å². The Bertz CT molecular complexity index is 1500. The highest BCUT2D eigenvalue weighted by Crippen LogP contribution is 2.31. The van der Waals surface area contributed by atoms with Crippen LogP contribution < -0.4 is 0 Å². The second kappa shape index (κ2) is 6.17. The lowest BCUT2D eigenvalue weighted by Gasteiger charge is -2.11.